The SMILES string of the molecule is CCC(C)(C)N(C)CC(=O)c1ccc(F)c(F)c1. The molecule has 0 fully saturated rings. The van der Waals surface area contributed by atoms with Crippen molar-refractivity contribution >= 4 is 5.78 Å². The second-order valence-corrected chi connectivity index (χ2v) is 5.07. The fourth-order valence-corrected chi connectivity index (χ4v) is 1.46. The number of carbonyl (C=O) groups excluding carboxylic acids is 1. The Hall–Kier alpha value is -1.29. The van der Waals surface area contributed by atoms with Gasteiger partial charge in [0.25, 0.3) is 0 Å². The lowest BCUT2D eigenvalue weighted by Gasteiger charge is -2.34. The predicted molar refractivity (Wildman–Crippen MR) is 67.7 cm³/mol. The number of carbonyl (C=O) groups is 1. The summed E-state index contributed by atoms with van der Waals surface area (Å²) in [4.78, 5) is 13.9. The average molecular weight is 255 g/mol. The summed E-state index contributed by atoms with van der Waals surface area (Å²) in [6.07, 6.45) is 0.897. The van der Waals surface area contributed by atoms with Crippen LogP contribution in [0.4, 0.5) is 8.78 Å². The molecule has 0 aliphatic heterocycles. The molecule has 0 saturated heterocycles. The lowest BCUT2D eigenvalue weighted by atomic mass is 9.99. The fourth-order valence-electron chi connectivity index (χ4n) is 1.46. The van der Waals surface area contributed by atoms with Gasteiger partial charge in [-0.3, -0.25) is 9.69 Å². The molecule has 4 heteroatoms. The van der Waals surface area contributed by atoms with Gasteiger partial charge in [0, 0.05) is 11.1 Å². The fraction of sp³-hybridized carbons (Fsp3) is 0.500. The quantitative estimate of drug-likeness (QED) is 0.753. The van der Waals surface area contributed by atoms with Crippen LogP contribution in [0.2, 0.25) is 0 Å². The van der Waals surface area contributed by atoms with Crippen LogP contribution in [0.15, 0.2) is 18.2 Å². The van der Waals surface area contributed by atoms with Crippen molar-refractivity contribution in [1.29, 1.82) is 0 Å². The minimum absolute atomic E-state index is 0.103. The van der Waals surface area contributed by atoms with Crippen LogP contribution in [-0.2, 0) is 0 Å². The van der Waals surface area contributed by atoms with Crippen LogP contribution in [0.25, 0.3) is 0 Å². The summed E-state index contributed by atoms with van der Waals surface area (Å²) in [6, 6.07) is 3.24. The highest BCUT2D eigenvalue weighted by Gasteiger charge is 2.23. The van der Waals surface area contributed by atoms with Crippen molar-refractivity contribution in [3.05, 3.63) is 35.4 Å². The van der Waals surface area contributed by atoms with Gasteiger partial charge in [0.2, 0.25) is 0 Å². The lowest BCUT2D eigenvalue weighted by molar-refractivity contribution is 0.0846. The normalized spacial score (nSPS) is 11.9. The maximum absolute atomic E-state index is 13.0. The van der Waals surface area contributed by atoms with E-state index in [1.54, 1.807) is 0 Å². The number of benzene rings is 1. The van der Waals surface area contributed by atoms with Gasteiger partial charge in [0.15, 0.2) is 17.4 Å². The largest absolute Gasteiger partial charge is 0.294 e. The summed E-state index contributed by atoms with van der Waals surface area (Å²) < 4.78 is 25.8. The van der Waals surface area contributed by atoms with Crippen LogP contribution in [0.5, 0.6) is 0 Å². The number of likely N-dealkylation sites (N-methyl/N-ethyl adjacent to an activating group) is 1. The van der Waals surface area contributed by atoms with Crippen molar-refractivity contribution in [3.8, 4) is 0 Å². The summed E-state index contributed by atoms with van der Waals surface area (Å²) in [6.45, 7) is 6.29. The molecule has 0 aliphatic rings. The van der Waals surface area contributed by atoms with Gasteiger partial charge in [-0.05, 0) is 45.5 Å². The van der Waals surface area contributed by atoms with Crippen LogP contribution in [0.1, 0.15) is 37.6 Å². The van der Waals surface area contributed by atoms with Crippen molar-refractivity contribution in [3.63, 3.8) is 0 Å². The maximum Gasteiger partial charge on any atom is 0.176 e. The number of hydrogen-bond acceptors (Lipinski definition) is 2. The average Bonchev–Trinajstić information content (AvgIpc) is 2.32. The second kappa shape index (κ2) is 5.57. The standard InChI is InChI=1S/C14H19F2NO/c1-5-14(2,3)17(4)9-13(18)10-6-7-11(15)12(16)8-10/h6-8H,5,9H2,1-4H3. The molecule has 100 valence electrons. The van der Waals surface area contributed by atoms with E-state index in [0.717, 1.165) is 18.6 Å². The van der Waals surface area contributed by atoms with Gasteiger partial charge in [-0.15, -0.1) is 0 Å². The Kier molecular flexibility index (Phi) is 4.57. The van der Waals surface area contributed by atoms with E-state index in [2.05, 4.69) is 0 Å². The summed E-state index contributed by atoms with van der Waals surface area (Å²) >= 11 is 0. The molecule has 0 saturated carbocycles. The third-order valence-corrected chi connectivity index (χ3v) is 3.52. The smallest absolute Gasteiger partial charge is 0.176 e. The molecule has 0 aromatic heterocycles. The second-order valence-electron chi connectivity index (χ2n) is 5.07. The first-order valence-corrected chi connectivity index (χ1v) is 5.97. The molecule has 1 aromatic carbocycles. The van der Waals surface area contributed by atoms with Crippen molar-refractivity contribution in [2.24, 2.45) is 0 Å². The van der Waals surface area contributed by atoms with Crippen molar-refractivity contribution in [2.45, 2.75) is 32.7 Å². The summed E-state index contributed by atoms with van der Waals surface area (Å²) in [5.41, 5.74) is 0.0986. The molecule has 0 heterocycles. The van der Waals surface area contributed by atoms with Gasteiger partial charge in [-0.2, -0.15) is 0 Å². The first kappa shape index (κ1) is 14.8. The molecular weight excluding hydrogens is 236 g/mol. The van der Waals surface area contributed by atoms with Gasteiger partial charge >= 0.3 is 0 Å². The number of Topliss-reactive ketones (excluding diaryl/α,β-unsaturated/α-hetero) is 1. The van der Waals surface area contributed by atoms with E-state index in [1.165, 1.54) is 6.07 Å². The summed E-state index contributed by atoms with van der Waals surface area (Å²) in [5, 5.41) is 0. The lowest BCUT2D eigenvalue weighted by Crippen LogP contribution is -2.43. The van der Waals surface area contributed by atoms with Crippen LogP contribution in [-0.4, -0.2) is 29.8 Å². The van der Waals surface area contributed by atoms with E-state index in [4.69, 9.17) is 0 Å². The van der Waals surface area contributed by atoms with E-state index in [9.17, 15) is 13.6 Å². The molecule has 0 radical (unpaired) electrons. The Balaban J connectivity index is 2.80. The summed E-state index contributed by atoms with van der Waals surface area (Å²) in [7, 11) is 1.85. The van der Waals surface area contributed by atoms with Crippen LogP contribution in [0.3, 0.4) is 0 Å². The Morgan fingerprint density at radius 3 is 2.39 bits per heavy atom. The van der Waals surface area contributed by atoms with Gasteiger partial charge in [0.05, 0.1) is 6.54 Å². The highest BCUT2D eigenvalue weighted by molar-refractivity contribution is 5.97. The van der Waals surface area contributed by atoms with E-state index in [-0.39, 0.29) is 23.4 Å². The van der Waals surface area contributed by atoms with E-state index in [1.807, 2.05) is 32.7 Å². The van der Waals surface area contributed by atoms with Crippen molar-refractivity contribution < 1.29 is 13.6 Å². The number of nitrogens with zero attached hydrogens (tertiary/aromatic N) is 1. The van der Waals surface area contributed by atoms with Gasteiger partial charge in [-0.25, -0.2) is 8.78 Å². The zero-order valence-electron chi connectivity index (χ0n) is 11.3. The molecule has 0 N–H and O–H groups in total. The number of hydrogen-bond donors (Lipinski definition) is 0. The third-order valence-electron chi connectivity index (χ3n) is 3.52. The van der Waals surface area contributed by atoms with E-state index >= 15 is 0 Å². The molecule has 0 unspecified atom stereocenters. The Labute approximate surface area is 107 Å². The van der Waals surface area contributed by atoms with E-state index < -0.39 is 11.6 Å². The molecule has 0 bridgehead atoms. The Bertz CT molecular complexity index is 443. The molecule has 2 nitrogen and oxygen atoms in total. The minimum atomic E-state index is -0.988. The number of ketones is 1. The van der Waals surface area contributed by atoms with E-state index in [0.29, 0.717) is 0 Å². The van der Waals surface area contributed by atoms with Gasteiger partial charge < -0.3 is 0 Å². The minimum Gasteiger partial charge on any atom is -0.294 e. The monoisotopic (exact) mass is 255 g/mol. The van der Waals surface area contributed by atoms with Crippen molar-refractivity contribution in [1.82, 2.24) is 4.90 Å². The highest BCUT2D eigenvalue weighted by atomic mass is 19.2. The molecule has 0 atom stereocenters. The molecule has 1 aromatic rings. The molecule has 0 amide bonds. The first-order chi connectivity index (χ1) is 8.27. The van der Waals surface area contributed by atoms with Crippen molar-refractivity contribution in [2.75, 3.05) is 13.6 Å². The highest BCUT2D eigenvalue weighted by Crippen LogP contribution is 2.17. The van der Waals surface area contributed by atoms with Crippen LogP contribution in [0, 0.1) is 11.6 Å². The Morgan fingerprint density at radius 2 is 1.89 bits per heavy atom. The topological polar surface area (TPSA) is 20.3 Å². The maximum atomic E-state index is 13.0. The summed E-state index contributed by atoms with van der Waals surface area (Å²) in [5.74, 6) is -2.13. The third kappa shape index (κ3) is 3.35. The number of halogens is 2. The molecule has 0 aliphatic carbocycles. The molecular formula is C14H19F2NO. The number of rotatable bonds is 5. The van der Waals surface area contributed by atoms with Crippen LogP contribution < -0.4 is 0 Å². The zero-order valence-corrected chi connectivity index (χ0v) is 11.3. The zero-order chi connectivity index (χ0) is 13.9. The Morgan fingerprint density at radius 1 is 1.28 bits per heavy atom. The predicted octanol–water partition coefficient (Wildman–Crippen LogP) is 3.27. The molecule has 1 rings (SSSR count). The molecule has 0 spiro atoms. The van der Waals surface area contributed by atoms with Gasteiger partial charge in [-0.1, -0.05) is 6.92 Å². The molecule has 18 heavy (non-hydrogen) atoms. The van der Waals surface area contributed by atoms with Crippen LogP contribution >= 0.6 is 0 Å². The van der Waals surface area contributed by atoms with Gasteiger partial charge in [0.1, 0.15) is 0 Å². The first-order valence-electron chi connectivity index (χ1n) is 5.97.